The summed E-state index contributed by atoms with van der Waals surface area (Å²) in [6.45, 7) is 1.48. The molecule has 0 radical (unpaired) electrons. The van der Waals surface area contributed by atoms with Crippen molar-refractivity contribution in [1.29, 1.82) is 0 Å². The number of rotatable bonds is 6. The van der Waals surface area contributed by atoms with Crippen molar-refractivity contribution in [3.05, 3.63) is 57.7 Å². The van der Waals surface area contributed by atoms with Crippen LogP contribution in [0.1, 0.15) is 28.9 Å². The predicted molar refractivity (Wildman–Crippen MR) is 120 cm³/mol. The predicted octanol–water partition coefficient (Wildman–Crippen LogP) is 3.90. The molecule has 0 atom stereocenters. The van der Waals surface area contributed by atoms with Gasteiger partial charge in [0.25, 0.3) is 5.91 Å². The lowest BCUT2D eigenvalue weighted by Gasteiger charge is -2.31. The van der Waals surface area contributed by atoms with Gasteiger partial charge in [-0.25, -0.2) is 4.98 Å². The second kappa shape index (κ2) is 9.51. The Bertz CT molecular complexity index is 1010. The van der Waals surface area contributed by atoms with E-state index in [9.17, 15) is 14.7 Å². The van der Waals surface area contributed by atoms with E-state index in [-0.39, 0.29) is 30.8 Å². The van der Waals surface area contributed by atoms with Gasteiger partial charge in [0.1, 0.15) is 5.01 Å². The summed E-state index contributed by atoms with van der Waals surface area (Å²) >= 11 is 3.15. The van der Waals surface area contributed by atoms with Gasteiger partial charge in [-0.3, -0.25) is 9.59 Å². The zero-order chi connectivity index (χ0) is 20.9. The van der Waals surface area contributed by atoms with Crippen molar-refractivity contribution >= 4 is 40.2 Å². The number of aliphatic hydroxyl groups excluding tert-OH is 1. The maximum Gasteiger partial charge on any atom is 0.253 e. The number of amides is 2. The standard InChI is InChI=1S/C22H23N3O3S2/c26-12-15-4-7-25(8-5-15)22(28)16-2-1-3-18(10-16)23-20(27)11-19-14-30-21(24-19)17-6-9-29-13-17/h1-3,6,9-10,13-15,26H,4-5,7-8,11-12H2,(H,23,27). The molecule has 2 N–H and O–H groups in total. The Hall–Kier alpha value is -2.55. The van der Waals surface area contributed by atoms with E-state index in [1.54, 1.807) is 35.6 Å². The van der Waals surface area contributed by atoms with Crippen LogP contribution in [0.5, 0.6) is 0 Å². The van der Waals surface area contributed by atoms with Crippen LogP contribution >= 0.6 is 22.7 Å². The van der Waals surface area contributed by atoms with Gasteiger partial charge in [-0.15, -0.1) is 11.3 Å². The van der Waals surface area contributed by atoms with Crippen molar-refractivity contribution in [3.8, 4) is 10.6 Å². The fourth-order valence-electron chi connectivity index (χ4n) is 3.51. The Balaban J connectivity index is 1.36. The fraction of sp³-hybridized carbons (Fsp3) is 0.318. The van der Waals surface area contributed by atoms with Gasteiger partial charge >= 0.3 is 0 Å². The number of nitrogens with one attached hydrogen (secondary N) is 1. The highest BCUT2D eigenvalue weighted by molar-refractivity contribution is 7.14. The van der Waals surface area contributed by atoms with Gasteiger partial charge in [-0.05, 0) is 48.4 Å². The molecule has 3 aromatic rings. The minimum absolute atomic E-state index is 0.0394. The summed E-state index contributed by atoms with van der Waals surface area (Å²) in [6.07, 6.45) is 1.83. The molecule has 4 rings (SSSR count). The number of aromatic nitrogens is 1. The van der Waals surface area contributed by atoms with E-state index in [1.807, 2.05) is 27.1 Å². The Kier molecular flexibility index (Phi) is 6.56. The van der Waals surface area contributed by atoms with Crippen LogP contribution < -0.4 is 5.32 Å². The number of thiophene rings is 1. The van der Waals surface area contributed by atoms with Gasteiger partial charge < -0.3 is 15.3 Å². The number of carbonyl (C=O) groups excluding carboxylic acids is 2. The second-order valence-corrected chi connectivity index (χ2v) is 9.02. The van der Waals surface area contributed by atoms with Crippen LogP contribution in [-0.4, -0.2) is 46.5 Å². The number of benzene rings is 1. The maximum absolute atomic E-state index is 12.8. The zero-order valence-electron chi connectivity index (χ0n) is 16.4. The van der Waals surface area contributed by atoms with Crippen LogP contribution in [0.15, 0.2) is 46.5 Å². The van der Waals surface area contributed by atoms with Crippen LogP contribution in [0.3, 0.4) is 0 Å². The molecule has 0 aliphatic carbocycles. The molecular formula is C22H23N3O3S2. The molecule has 3 heterocycles. The average molecular weight is 442 g/mol. The molecule has 6 nitrogen and oxygen atoms in total. The number of hydrogen-bond donors (Lipinski definition) is 2. The van der Waals surface area contributed by atoms with E-state index < -0.39 is 0 Å². The van der Waals surface area contributed by atoms with E-state index in [0.717, 1.165) is 29.1 Å². The smallest absolute Gasteiger partial charge is 0.253 e. The average Bonchev–Trinajstić information content (AvgIpc) is 3.45. The SMILES string of the molecule is O=C(Cc1csc(-c2ccsc2)n1)Nc1cccc(C(=O)N2CCC(CO)CC2)c1. The van der Waals surface area contributed by atoms with Crippen LogP contribution in [0, 0.1) is 5.92 Å². The minimum Gasteiger partial charge on any atom is -0.396 e. The van der Waals surface area contributed by atoms with Crippen molar-refractivity contribution in [3.63, 3.8) is 0 Å². The first kappa shape index (κ1) is 20.7. The molecule has 0 spiro atoms. The molecule has 1 aliphatic heterocycles. The van der Waals surface area contributed by atoms with E-state index >= 15 is 0 Å². The van der Waals surface area contributed by atoms with Gasteiger partial charge in [-0.2, -0.15) is 11.3 Å². The first-order chi connectivity index (χ1) is 14.6. The fourth-order valence-corrected chi connectivity index (χ4v) is 5.04. The Labute approximate surface area is 183 Å². The highest BCUT2D eigenvalue weighted by Gasteiger charge is 2.23. The summed E-state index contributed by atoms with van der Waals surface area (Å²) in [5.74, 6) is 0.0820. The molecule has 0 bridgehead atoms. The molecule has 1 aliphatic rings. The summed E-state index contributed by atoms with van der Waals surface area (Å²) in [5, 5.41) is 19.0. The molecule has 1 fully saturated rings. The topological polar surface area (TPSA) is 82.5 Å². The van der Waals surface area contributed by atoms with E-state index in [2.05, 4.69) is 10.3 Å². The third-order valence-corrected chi connectivity index (χ3v) is 6.84. The normalized spacial score (nSPS) is 14.6. The quantitative estimate of drug-likeness (QED) is 0.608. The third-order valence-electron chi connectivity index (χ3n) is 5.21. The Morgan fingerprint density at radius 1 is 1.20 bits per heavy atom. The summed E-state index contributed by atoms with van der Waals surface area (Å²) in [7, 11) is 0. The van der Waals surface area contributed by atoms with Crippen molar-refractivity contribution in [2.24, 2.45) is 5.92 Å². The number of thiazole rings is 1. The molecule has 0 unspecified atom stereocenters. The maximum atomic E-state index is 12.8. The highest BCUT2D eigenvalue weighted by Crippen LogP contribution is 2.26. The van der Waals surface area contributed by atoms with Crippen LogP contribution in [-0.2, 0) is 11.2 Å². The number of nitrogens with zero attached hydrogens (tertiary/aromatic N) is 2. The third kappa shape index (κ3) is 4.95. The van der Waals surface area contributed by atoms with E-state index in [1.165, 1.54) is 11.3 Å². The lowest BCUT2D eigenvalue weighted by Crippen LogP contribution is -2.39. The molecule has 2 aromatic heterocycles. The molecule has 30 heavy (non-hydrogen) atoms. The molecule has 8 heteroatoms. The van der Waals surface area contributed by atoms with E-state index in [4.69, 9.17) is 0 Å². The van der Waals surface area contributed by atoms with Crippen molar-refractivity contribution in [1.82, 2.24) is 9.88 Å². The monoisotopic (exact) mass is 441 g/mol. The summed E-state index contributed by atoms with van der Waals surface area (Å²) < 4.78 is 0. The molecular weight excluding hydrogens is 418 g/mol. The molecule has 2 amide bonds. The number of hydrogen-bond acceptors (Lipinski definition) is 6. The molecule has 1 aromatic carbocycles. The van der Waals surface area contributed by atoms with Crippen LogP contribution in [0.25, 0.3) is 10.6 Å². The van der Waals surface area contributed by atoms with Crippen molar-refractivity contribution < 1.29 is 14.7 Å². The number of likely N-dealkylation sites (tertiary alicyclic amines) is 1. The van der Waals surface area contributed by atoms with Gasteiger partial charge in [0.2, 0.25) is 5.91 Å². The number of anilines is 1. The van der Waals surface area contributed by atoms with Crippen molar-refractivity contribution in [2.45, 2.75) is 19.3 Å². The van der Waals surface area contributed by atoms with Crippen LogP contribution in [0.2, 0.25) is 0 Å². The second-order valence-electron chi connectivity index (χ2n) is 7.38. The van der Waals surface area contributed by atoms with Gasteiger partial charge in [0.15, 0.2) is 0 Å². The lowest BCUT2D eigenvalue weighted by molar-refractivity contribution is -0.115. The van der Waals surface area contributed by atoms with Gasteiger partial charge in [0.05, 0.1) is 12.1 Å². The lowest BCUT2D eigenvalue weighted by atomic mass is 9.97. The largest absolute Gasteiger partial charge is 0.396 e. The Morgan fingerprint density at radius 2 is 2.03 bits per heavy atom. The highest BCUT2D eigenvalue weighted by atomic mass is 32.1. The molecule has 1 saturated heterocycles. The van der Waals surface area contributed by atoms with Crippen molar-refractivity contribution in [2.75, 3.05) is 25.0 Å². The van der Waals surface area contributed by atoms with Crippen LogP contribution in [0.4, 0.5) is 5.69 Å². The summed E-state index contributed by atoms with van der Waals surface area (Å²) in [4.78, 5) is 31.6. The Morgan fingerprint density at radius 3 is 2.77 bits per heavy atom. The summed E-state index contributed by atoms with van der Waals surface area (Å²) in [5.41, 5.74) is 2.97. The molecule has 156 valence electrons. The number of carbonyl (C=O) groups is 2. The summed E-state index contributed by atoms with van der Waals surface area (Å²) in [6, 6.07) is 9.06. The minimum atomic E-state index is -0.162. The first-order valence-electron chi connectivity index (χ1n) is 9.89. The zero-order valence-corrected chi connectivity index (χ0v) is 18.0. The van der Waals surface area contributed by atoms with Gasteiger partial charge in [0, 0.05) is 47.3 Å². The van der Waals surface area contributed by atoms with E-state index in [0.29, 0.717) is 24.3 Å². The number of aliphatic hydroxyl groups is 1. The number of piperidine rings is 1. The first-order valence-corrected chi connectivity index (χ1v) is 11.7. The van der Waals surface area contributed by atoms with Gasteiger partial charge in [-0.1, -0.05) is 6.07 Å². The molecule has 0 saturated carbocycles.